The van der Waals surface area contributed by atoms with Crippen LogP contribution in [-0.4, -0.2) is 91.9 Å². The summed E-state index contributed by atoms with van der Waals surface area (Å²) in [5, 5.41) is 10.3. The number of carboxylic acids is 1. The number of carbonyl (C=O) groups is 2. The molecule has 2 amide bonds. The molecule has 42 heavy (non-hydrogen) atoms. The fraction of sp³-hybridized carbons (Fsp3) is 0.433. The van der Waals surface area contributed by atoms with Crippen LogP contribution in [0, 0.1) is 5.92 Å². The molecule has 220 valence electrons. The molecule has 6 rings (SSSR count). The Morgan fingerprint density at radius 2 is 1.95 bits per heavy atom. The molecule has 0 aliphatic carbocycles. The monoisotopic (exact) mass is 573 g/mol. The molecule has 2 aliphatic heterocycles. The Morgan fingerprint density at radius 3 is 2.69 bits per heavy atom. The molecule has 3 aromatic heterocycles. The number of ether oxygens (including phenoxy) is 2. The average molecular weight is 574 g/mol. The van der Waals surface area contributed by atoms with Gasteiger partial charge in [0.25, 0.3) is 0 Å². The second kappa shape index (κ2) is 11.9. The van der Waals surface area contributed by atoms with Crippen LogP contribution in [0.3, 0.4) is 0 Å². The lowest BCUT2D eigenvalue weighted by atomic mass is 9.96. The molecule has 2 fully saturated rings. The van der Waals surface area contributed by atoms with Gasteiger partial charge in [0.1, 0.15) is 17.9 Å². The molecule has 0 spiro atoms. The van der Waals surface area contributed by atoms with Gasteiger partial charge in [-0.25, -0.2) is 19.6 Å². The first-order chi connectivity index (χ1) is 20.4. The zero-order valence-corrected chi connectivity index (χ0v) is 23.6. The van der Waals surface area contributed by atoms with Crippen LogP contribution in [0.15, 0.2) is 42.7 Å². The van der Waals surface area contributed by atoms with Gasteiger partial charge in [-0.2, -0.15) is 0 Å². The summed E-state index contributed by atoms with van der Waals surface area (Å²) in [6.07, 6.45) is 4.23. The minimum absolute atomic E-state index is 0.0704. The first-order valence-corrected chi connectivity index (χ1v) is 14.4. The van der Waals surface area contributed by atoms with Crippen LogP contribution in [-0.2, 0) is 27.4 Å². The molecule has 2 saturated heterocycles. The number of benzene rings is 1. The van der Waals surface area contributed by atoms with E-state index in [0.29, 0.717) is 56.6 Å². The lowest BCUT2D eigenvalue weighted by Crippen LogP contribution is -2.54. The van der Waals surface area contributed by atoms with Crippen molar-refractivity contribution in [2.24, 2.45) is 5.92 Å². The lowest BCUT2D eigenvalue weighted by molar-refractivity contribution is -0.154. The highest BCUT2D eigenvalue weighted by Crippen LogP contribution is 2.33. The number of pyridine rings is 2. The van der Waals surface area contributed by atoms with E-state index in [1.165, 1.54) is 0 Å². The molecule has 1 atom stereocenters. The number of nitrogen functional groups attached to an aromatic ring is 1. The van der Waals surface area contributed by atoms with Crippen molar-refractivity contribution in [3.8, 4) is 11.1 Å². The van der Waals surface area contributed by atoms with E-state index in [1.54, 1.807) is 11.1 Å². The number of nitrogens with zero attached hydrogens (tertiary/aromatic N) is 6. The number of anilines is 1. The summed E-state index contributed by atoms with van der Waals surface area (Å²) in [7, 11) is 0. The molecule has 1 unspecified atom stereocenters. The van der Waals surface area contributed by atoms with Crippen molar-refractivity contribution in [3.05, 3.63) is 48.5 Å². The number of fused-ring (bicyclic) bond motifs is 3. The number of hydrogen-bond donors (Lipinski definition) is 2. The highest BCUT2D eigenvalue weighted by molar-refractivity contribution is 6.07. The number of aliphatic carboxylic acids is 1. The molecule has 12 nitrogen and oxygen atoms in total. The maximum Gasteiger partial charge on any atom is 0.334 e. The number of piperidine rings is 1. The number of likely N-dealkylation sites (tertiary alicyclic amines) is 1. The number of imidazole rings is 1. The molecule has 0 saturated carbocycles. The average Bonchev–Trinajstić information content (AvgIpc) is 3.39. The number of urea groups is 1. The maximum absolute atomic E-state index is 13.2. The van der Waals surface area contributed by atoms with Crippen LogP contribution in [0.4, 0.5) is 10.6 Å². The van der Waals surface area contributed by atoms with Gasteiger partial charge in [0.15, 0.2) is 11.9 Å². The second-order valence-corrected chi connectivity index (χ2v) is 10.8. The van der Waals surface area contributed by atoms with Gasteiger partial charge >= 0.3 is 12.0 Å². The normalized spacial score (nSPS) is 18.2. The van der Waals surface area contributed by atoms with Gasteiger partial charge in [0.05, 0.1) is 24.2 Å². The number of morpholine rings is 1. The molecule has 4 aromatic rings. The molecular formula is C30H35N7O5. The summed E-state index contributed by atoms with van der Waals surface area (Å²) in [5.41, 5.74) is 10.9. The largest absolute Gasteiger partial charge is 0.479 e. The zero-order chi connectivity index (χ0) is 29.2. The molecule has 2 aliphatic rings. The van der Waals surface area contributed by atoms with Crippen molar-refractivity contribution in [1.82, 2.24) is 29.3 Å². The highest BCUT2D eigenvalue weighted by Gasteiger charge is 2.33. The molecule has 12 heteroatoms. The highest BCUT2D eigenvalue weighted by atomic mass is 16.5. The molecule has 5 heterocycles. The van der Waals surface area contributed by atoms with Crippen molar-refractivity contribution in [2.45, 2.75) is 39.0 Å². The van der Waals surface area contributed by atoms with Crippen LogP contribution < -0.4 is 5.73 Å². The summed E-state index contributed by atoms with van der Waals surface area (Å²) in [6.45, 7) is 5.49. The number of carbonyl (C=O) groups excluding carboxylic acids is 1. The molecular weight excluding hydrogens is 538 g/mol. The SMILES string of the molecule is CCOCc1nc2c(N)nc3cc(-c4cccnc4)ccc3c2n1CC1CCN(C(=O)N2CCOC(C(=O)O)C2)CC1. The predicted octanol–water partition coefficient (Wildman–Crippen LogP) is 3.38. The minimum atomic E-state index is -1.04. The molecule has 0 radical (unpaired) electrons. The van der Waals surface area contributed by atoms with Crippen LogP contribution in [0.5, 0.6) is 0 Å². The van der Waals surface area contributed by atoms with Gasteiger partial charge in [-0.15, -0.1) is 0 Å². The molecule has 0 bridgehead atoms. The van der Waals surface area contributed by atoms with Gasteiger partial charge in [0, 0.05) is 56.1 Å². The van der Waals surface area contributed by atoms with Crippen LogP contribution >= 0.6 is 0 Å². The summed E-state index contributed by atoms with van der Waals surface area (Å²) in [4.78, 5) is 41.8. The number of aromatic nitrogens is 4. The smallest absolute Gasteiger partial charge is 0.334 e. The zero-order valence-electron chi connectivity index (χ0n) is 23.6. The third kappa shape index (κ3) is 5.47. The summed E-state index contributed by atoms with van der Waals surface area (Å²) >= 11 is 0. The van der Waals surface area contributed by atoms with Crippen LogP contribution in [0.2, 0.25) is 0 Å². The van der Waals surface area contributed by atoms with E-state index in [2.05, 4.69) is 21.7 Å². The Kier molecular flexibility index (Phi) is 7.90. The Balaban J connectivity index is 1.25. The standard InChI is InChI=1S/C30H35N7O5/c1-2-41-18-25-34-26-27(22-6-5-20(14-23(22)33-28(26)31)21-4-3-9-32-15-21)37(25)16-19-7-10-35(11-8-19)30(40)36-12-13-42-24(17-36)29(38)39/h3-6,9,14-15,19,24H,2,7-8,10-13,16-18H2,1H3,(H2,31,33)(H,38,39). The number of amides is 2. The van der Waals surface area contributed by atoms with Crippen LogP contribution in [0.1, 0.15) is 25.6 Å². The second-order valence-electron chi connectivity index (χ2n) is 10.8. The Labute approximate surface area is 243 Å². The van der Waals surface area contributed by atoms with Gasteiger partial charge in [-0.1, -0.05) is 18.2 Å². The topological polar surface area (TPSA) is 149 Å². The maximum atomic E-state index is 13.2. The number of nitrogens with two attached hydrogens (primary N) is 1. The van der Waals surface area contributed by atoms with E-state index < -0.39 is 12.1 Å². The fourth-order valence-corrected chi connectivity index (χ4v) is 5.91. The van der Waals surface area contributed by atoms with E-state index in [-0.39, 0.29) is 19.2 Å². The Hall–Kier alpha value is -4.29. The van der Waals surface area contributed by atoms with E-state index in [9.17, 15) is 14.7 Å². The Bertz CT molecular complexity index is 1600. The molecule has 1 aromatic carbocycles. The Morgan fingerprint density at radius 1 is 1.12 bits per heavy atom. The van der Waals surface area contributed by atoms with Crippen LogP contribution in [0.25, 0.3) is 33.1 Å². The predicted molar refractivity (Wildman–Crippen MR) is 157 cm³/mol. The quantitative estimate of drug-likeness (QED) is 0.339. The minimum Gasteiger partial charge on any atom is -0.479 e. The third-order valence-corrected chi connectivity index (χ3v) is 8.15. The van der Waals surface area contributed by atoms with E-state index in [4.69, 9.17) is 25.2 Å². The first kappa shape index (κ1) is 27.9. The fourth-order valence-electron chi connectivity index (χ4n) is 5.91. The van der Waals surface area contributed by atoms with Crippen molar-refractivity contribution in [1.29, 1.82) is 0 Å². The lowest BCUT2D eigenvalue weighted by Gasteiger charge is -2.38. The number of hydrogen-bond acceptors (Lipinski definition) is 8. The third-order valence-electron chi connectivity index (χ3n) is 8.15. The summed E-state index contributed by atoms with van der Waals surface area (Å²) in [6, 6.07) is 9.98. The van der Waals surface area contributed by atoms with Crippen molar-refractivity contribution >= 4 is 39.8 Å². The van der Waals surface area contributed by atoms with Gasteiger partial charge in [0.2, 0.25) is 0 Å². The van der Waals surface area contributed by atoms with Gasteiger partial charge in [-0.05, 0) is 43.4 Å². The van der Waals surface area contributed by atoms with Gasteiger partial charge in [-0.3, -0.25) is 4.98 Å². The van der Waals surface area contributed by atoms with E-state index in [1.807, 2.05) is 36.2 Å². The first-order valence-electron chi connectivity index (χ1n) is 14.4. The van der Waals surface area contributed by atoms with E-state index >= 15 is 0 Å². The number of rotatable bonds is 7. The van der Waals surface area contributed by atoms with E-state index in [0.717, 1.165) is 46.2 Å². The van der Waals surface area contributed by atoms with Crippen molar-refractivity contribution < 1.29 is 24.2 Å². The number of carboxylic acid groups (broad SMARTS) is 1. The molecule has 3 N–H and O–H groups in total. The van der Waals surface area contributed by atoms with Crippen molar-refractivity contribution in [2.75, 3.05) is 45.1 Å². The summed E-state index contributed by atoms with van der Waals surface area (Å²) in [5.74, 6) is 0.444. The van der Waals surface area contributed by atoms with Gasteiger partial charge < -0.3 is 34.7 Å². The summed E-state index contributed by atoms with van der Waals surface area (Å²) < 4.78 is 13.3. The van der Waals surface area contributed by atoms with Crippen molar-refractivity contribution in [3.63, 3.8) is 0 Å².